The summed E-state index contributed by atoms with van der Waals surface area (Å²) in [6.45, 7) is 7.54. The summed E-state index contributed by atoms with van der Waals surface area (Å²) in [5.74, 6) is 0. The van der Waals surface area contributed by atoms with Crippen LogP contribution in [0, 0.1) is 0 Å². The fraction of sp³-hybridized carbons (Fsp3) is 0.571. The lowest BCUT2D eigenvalue weighted by atomic mass is 9.99. The van der Waals surface area contributed by atoms with E-state index < -0.39 is 0 Å². The van der Waals surface area contributed by atoms with Crippen LogP contribution in [0.2, 0.25) is 5.02 Å². The minimum atomic E-state index is -0.00660. The Balaban J connectivity index is 2.20. The van der Waals surface area contributed by atoms with Crippen molar-refractivity contribution in [1.82, 2.24) is 4.90 Å². The van der Waals surface area contributed by atoms with E-state index in [1.165, 1.54) is 0 Å². The van der Waals surface area contributed by atoms with Crippen LogP contribution in [-0.4, -0.2) is 42.2 Å². The Morgan fingerprint density at radius 2 is 2.06 bits per heavy atom. The molecule has 0 saturated carbocycles. The van der Waals surface area contributed by atoms with Crippen LogP contribution < -0.4 is 4.90 Å². The molecule has 3 nitrogen and oxygen atoms in total. The standard InChI is InChI=1S/C14H21ClN2O/c1-14(2)10-17(7-6-16(14)3)12-5-4-11(9-18)13(15)8-12/h4-5,8,18H,6-7,9-10H2,1-3H3. The van der Waals surface area contributed by atoms with Gasteiger partial charge in [-0.05, 0) is 38.6 Å². The maximum Gasteiger partial charge on any atom is 0.0696 e. The van der Waals surface area contributed by atoms with Gasteiger partial charge in [0.2, 0.25) is 0 Å². The molecule has 1 heterocycles. The third-order valence-corrected chi connectivity index (χ3v) is 4.24. The number of benzene rings is 1. The molecule has 1 fully saturated rings. The van der Waals surface area contributed by atoms with Crippen molar-refractivity contribution in [3.8, 4) is 0 Å². The fourth-order valence-corrected chi connectivity index (χ4v) is 2.56. The molecule has 1 saturated heterocycles. The summed E-state index contributed by atoms with van der Waals surface area (Å²) in [6, 6.07) is 5.90. The molecule has 1 aliphatic heterocycles. The van der Waals surface area contributed by atoms with Gasteiger partial charge in [0, 0.05) is 35.9 Å². The number of nitrogens with zero attached hydrogens (tertiary/aromatic N) is 2. The Kier molecular flexibility index (Phi) is 3.85. The van der Waals surface area contributed by atoms with E-state index in [-0.39, 0.29) is 12.1 Å². The summed E-state index contributed by atoms with van der Waals surface area (Å²) >= 11 is 6.15. The van der Waals surface area contributed by atoms with Gasteiger partial charge < -0.3 is 10.0 Å². The van der Waals surface area contributed by atoms with Crippen LogP contribution in [-0.2, 0) is 6.61 Å². The lowest BCUT2D eigenvalue weighted by Crippen LogP contribution is -2.57. The third-order valence-electron chi connectivity index (χ3n) is 3.89. The molecule has 0 atom stereocenters. The molecule has 4 heteroatoms. The molecule has 2 rings (SSSR count). The van der Waals surface area contributed by atoms with Gasteiger partial charge in [-0.1, -0.05) is 17.7 Å². The van der Waals surface area contributed by atoms with Gasteiger partial charge in [0.15, 0.2) is 0 Å². The zero-order valence-corrected chi connectivity index (χ0v) is 12.0. The second-order valence-electron chi connectivity index (χ2n) is 5.59. The van der Waals surface area contributed by atoms with Crippen LogP contribution in [0.15, 0.2) is 18.2 Å². The average Bonchev–Trinajstić information content (AvgIpc) is 2.32. The van der Waals surface area contributed by atoms with Gasteiger partial charge in [0.05, 0.1) is 6.61 Å². The molecule has 0 amide bonds. The van der Waals surface area contributed by atoms with Gasteiger partial charge >= 0.3 is 0 Å². The van der Waals surface area contributed by atoms with Gasteiger partial charge in [0.1, 0.15) is 0 Å². The van der Waals surface area contributed by atoms with Crippen LogP contribution in [0.25, 0.3) is 0 Å². The van der Waals surface area contributed by atoms with E-state index >= 15 is 0 Å². The minimum Gasteiger partial charge on any atom is -0.392 e. The van der Waals surface area contributed by atoms with Crippen molar-refractivity contribution in [2.45, 2.75) is 26.0 Å². The molecule has 1 aromatic carbocycles. The molecule has 100 valence electrons. The molecular weight excluding hydrogens is 248 g/mol. The van der Waals surface area contributed by atoms with E-state index in [9.17, 15) is 0 Å². The molecule has 0 unspecified atom stereocenters. The molecule has 0 bridgehead atoms. The van der Waals surface area contributed by atoms with Crippen molar-refractivity contribution >= 4 is 17.3 Å². The summed E-state index contributed by atoms with van der Waals surface area (Å²) < 4.78 is 0. The molecule has 1 aliphatic rings. The van der Waals surface area contributed by atoms with E-state index in [1.807, 2.05) is 18.2 Å². The van der Waals surface area contributed by atoms with Gasteiger partial charge in [0.25, 0.3) is 0 Å². The van der Waals surface area contributed by atoms with Crippen molar-refractivity contribution in [1.29, 1.82) is 0 Å². The highest BCUT2D eigenvalue weighted by molar-refractivity contribution is 6.31. The number of piperazine rings is 1. The largest absolute Gasteiger partial charge is 0.392 e. The zero-order valence-electron chi connectivity index (χ0n) is 11.3. The average molecular weight is 269 g/mol. The van der Waals surface area contributed by atoms with Crippen molar-refractivity contribution in [2.24, 2.45) is 0 Å². The molecule has 1 N–H and O–H groups in total. The SMILES string of the molecule is CN1CCN(c2ccc(CO)c(Cl)c2)CC1(C)C. The number of hydrogen-bond donors (Lipinski definition) is 1. The second-order valence-corrected chi connectivity index (χ2v) is 6.00. The zero-order chi connectivity index (χ0) is 13.3. The maximum absolute atomic E-state index is 9.13. The predicted octanol–water partition coefficient (Wildman–Crippen LogP) is 2.36. The van der Waals surface area contributed by atoms with E-state index in [0.29, 0.717) is 5.02 Å². The Bertz CT molecular complexity index is 434. The molecule has 0 spiro atoms. The van der Waals surface area contributed by atoms with Crippen molar-refractivity contribution in [3.05, 3.63) is 28.8 Å². The first-order valence-electron chi connectivity index (χ1n) is 6.29. The Labute approximate surface area is 114 Å². The highest BCUT2D eigenvalue weighted by Gasteiger charge is 2.31. The first kappa shape index (κ1) is 13.7. The number of likely N-dealkylation sites (N-methyl/N-ethyl adjacent to an activating group) is 1. The van der Waals surface area contributed by atoms with Crippen LogP contribution in [0.4, 0.5) is 5.69 Å². The quantitative estimate of drug-likeness (QED) is 0.892. The number of anilines is 1. The summed E-state index contributed by atoms with van der Waals surface area (Å²) in [5.41, 5.74) is 2.09. The normalized spacial score (nSPS) is 20.2. The van der Waals surface area contributed by atoms with Crippen molar-refractivity contribution < 1.29 is 5.11 Å². The van der Waals surface area contributed by atoms with E-state index in [2.05, 4.69) is 30.7 Å². The predicted molar refractivity (Wildman–Crippen MR) is 76.3 cm³/mol. The van der Waals surface area contributed by atoms with Crippen molar-refractivity contribution in [3.63, 3.8) is 0 Å². The third kappa shape index (κ3) is 2.63. The number of rotatable bonds is 2. The van der Waals surface area contributed by atoms with E-state index in [4.69, 9.17) is 16.7 Å². The number of aliphatic hydroxyl groups is 1. The van der Waals surface area contributed by atoms with Gasteiger partial charge in [-0.25, -0.2) is 0 Å². The molecule has 18 heavy (non-hydrogen) atoms. The fourth-order valence-electron chi connectivity index (χ4n) is 2.32. The number of halogens is 1. The monoisotopic (exact) mass is 268 g/mol. The minimum absolute atomic E-state index is 0.00660. The van der Waals surface area contributed by atoms with Gasteiger partial charge in [-0.15, -0.1) is 0 Å². The van der Waals surface area contributed by atoms with Crippen LogP contribution in [0.3, 0.4) is 0 Å². The first-order valence-corrected chi connectivity index (χ1v) is 6.67. The van der Waals surface area contributed by atoms with E-state index in [1.54, 1.807) is 0 Å². The molecule has 0 aliphatic carbocycles. The lowest BCUT2D eigenvalue weighted by molar-refractivity contribution is 0.139. The first-order chi connectivity index (χ1) is 8.44. The Morgan fingerprint density at radius 1 is 1.33 bits per heavy atom. The number of aliphatic hydroxyl groups excluding tert-OH is 1. The molecule has 0 aromatic heterocycles. The smallest absolute Gasteiger partial charge is 0.0696 e. The Morgan fingerprint density at radius 3 is 2.61 bits per heavy atom. The van der Waals surface area contributed by atoms with Gasteiger partial charge in [-0.3, -0.25) is 4.90 Å². The van der Waals surface area contributed by atoms with E-state index in [0.717, 1.165) is 30.9 Å². The second kappa shape index (κ2) is 5.08. The molecule has 0 radical (unpaired) electrons. The van der Waals surface area contributed by atoms with Crippen LogP contribution >= 0.6 is 11.6 Å². The highest BCUT2D eigenvalue weighted by atomic mass is 35.5. The van der Waals surface area contributed by atoms with Crippen LogP contribution in [0.1, 0.15) is 19.4 Å². The topological polar surface area (TPSA) is 26.7 Å². The summed E-state index contributed by atoms with van der Waals surface area (Å²) in [7, 11) is 2.17. The highest BCUT2D eigenvalue weighted by Crippen LogP contribution is 2.28. The molecule has 1 aromatic rings. The lowest BCUT2D eigenvalue weighted by Gasteiger charge is -2.46. The summed E-state index contributed by atoms with van der Waals surface area (Å²) in [5, 5.41) is 9.78. The van der Waals surface area contributed by atoms with Gasteiger partial charge in [-0.2, -0.15) is 0 Å². The summed E-state index contributed by atoms with van der Waals surface area (Å²) in [4.78, 5) is 4.74. The maximum atomic E-state index is 9.13. The molecular formula is C14H21ClN2O. The summed E-state index contributed by atoms with van der Waals surface area (Å²) in [6.07, 6.45) is 0. The van der Waals surface area contributed by atoms with Crippen molar-refractivity contribution in [2.75, 3.05) is 31.6 Å². The van der Waals surface area contributed by atoms with Crippen LogP contribution in [0.5, 0.6) is 0 Å². The Hall–Kier alpha value is -0.770. The number of hydrogen-bond acceptors (Lipinski definition) is 3.